The number of hydrogen-bond donors (Lipinski definition) is 0. The first-order chi connectivity index (χ1) is 39.5. The summed E-state index contributed by atoms with van der Waals surface area (Å²) in [6.07, 6.45) is 3.05. The molecule has 0 nitrogen and oxygen atoms in total. The Morgan fingerprint density at radius 2 is 0.300 bits per heavy atom. The van der Waals surface area contributed by atoms with Gasteiger partial charge in [-0.05, 0) is 146 Å². The molecule has 0 spiro atoms. The van der Waals surface area contributed by atoms with Crippen molar-refractivity contribution in [1.29, 1.82) is 0 Å². The smallest absolute Gasteiger partial charge is 0.0184 e. The minimum Gasteiger partial charge on any atom is -0.0622 e. The lowest BCUT2D eigenvalue weighted by Gasteiger charge is -2.40. The molecule has 0 bridgehead atoms. The molecule has 0 N–H and O–H groups in total. The molecule has 80 heavy (non-hydrogen) atoms. The molecule has 0 aliphatic carbocycles. The fraction of sp³-hybridized carbons (Fsp3) is 0.0649. The van der Waals surface area contributed by atoms with Gasteiger partial charge < -0.3 is 0 Å². The Kier molecular flexibility index (Phi) is 16.4. The molecule has 386 valence electrons. The molecule has 0 amide bonds. The molecule has 0 aliphatic rings. The summed E-state index contributed by atoms with van der Waals surface area (Å²) in [5, 5.41) is 8.45. The zero-order chi connectivity index (χ0) is 53.9. The number of rotatable bonds is 18. The lowest BCUT2D eigenvalue weighted by molar-refractivity contribution is 0.497. The molecule has 12 rings (SSSR count). The number of benzene rings is 12. The Bertz CT molecular complexity index is 3170. The Morgan fingerprint density at radius 1 is 0.175 bits per heavy atom. The van der Waals surface area contributed by atoms with E-state index in [9.17, 15) is 0 Å². The first kappa shape index (κ1) is 52.6. The van der Waals surface area contributed by atoms with Crippen LogP contribution in [-0.2, 0) is 0 Å². The minimum atomic E-state index is -0.859. The van der Waals surface area contributed by atoms with Gasteiger partial charge in [-0.2, -0.15) is 0 Å². The lowest BCUT2D eigenvalue weighted by Crippen LogP contribution is -2.36. The third-order valence-corrected chi connectivity index (χ3v) is 24.1. The Balaban J connectivity index is 1.02. The molecule has 3 heteroatoms. The van der Waals surface area contributed by atoms with E-state index >= 15 is 0 Å². The van der Waals surface area contributed by atoms with E-state index in [1.54, 1.807) is 0 Å². The van der Waals surface area contributed by atoms with E-state index in [0.29, 0.717) is 0 Å². The third kappa shape index (κ3) is 12.5. The van der Waals surface area contributed by atoms with Gasteiger partial charge >= 0.3 is 0 Å². The largest absolute Gasteiger partial charge is 0.0622 e. The summed E-state index contributed by atoms with van der Waals surface area (Å²) in [5.41, 5.74) is 14.8. The normalized spacial score (nSPS) is 11.6. The fourth-order valence-electron chi connectivity index (χ4n) is 11.1. The van der Waals surface area contributed by atoms with E-state index < -0.39 is 23.8 Å². The van der Waals surface area contributed by atoms with Crippen molar-refractivity contribution in [3.05, 3.63) is 328 Å². The topological polar surface area (TPSA) is 0 Å². The highest BCUT2D eigenvalue weighted by molar-refractivity contribution is 7.75. The maximum absolute atomic E-state index is 2.66. The summed E-state index contributed by atoms with van der Waals surface area (Å²) in [7, 11) is -2.58. The molecule has 12 aromatic rings. The van der Waals surface area contributed by atoms with Crippen molar-refractivity contribution in [3.8, 4) is 66.8 Å². The SMILES string of the molecule is CC(CP(c1ccc(-c2ccccc2)cc1)c1ccc(-c2ccccc2)cc1)(CP(c1ccc(-c2ccccc2)cc1)c1ccc(-c2ccccc2)cc1)CP(c1ccc(-c2ccccc2)cc1)c1ccc(-c2ccccc2)cc1. The first-order valence-electron chi connectivity index (χ1n) is 27.7. The monoisotopic (exact) mass is 1080 g/mol. The van der Waals surface area contributed by atoms with E-state index in [4.69, 9.17) is 0 Å². The Morgan fingerprint density at radius 3 is 0.438 bits per heavy atom. The predicted octanol–water partition coefficient (Wildman–Crippen LogP) is 18.4. The molecule has 0 aromatic heterocycles. The molecule has 0 heterocycles. The van der Waals surface area contributed by atoms with E-state index in [0.717, 1.165) is 18.5 Å². The zero-order valence-electron chi connectivity index (χ0n) is 45.1. The second kappa shape index (κ2) is 24.9. The van der Waals surface area contributed by atoms with Crippen molar-refractivity contribution < 1.29 is 0 Å². The molecule has 0 radical (unpaired) electrons. The van der Waals surface area contributed by atoms with Crippen molar-refractivity contribution >= 4 is 55.6 Å². The summed E-state index contributed by atoms with van der Waals surface area (Å²) < 4.78 is 0. The summed E-state index contributed by atoms with van der Waals surface area (Å²) in [6.45, 7) is 2.66. The second-order valence-corrected chi connectivity index (χ2v) is 27.7. The standard InChI is InChI=1S/C77H63P3/c1-77(56-78(71-44-32-65(33-45-71)59-20-8-2-9-21-59)72-46-34-66(35-47-72)60-22-10-3-11-23-60,57-79(73-48-36-67(37-49-73)61-24-12-4-13-25-61)74-50-38-68(39-51-74)62-26-14-5-15-27-62)58-80(75-52-40-69(41-53-75)63-28-16-6-17-29-63)76-54-42-70(43-55-76)64-30-18-7-19-31-64/h2-55H,56-58H2,1H3. The highest BCUT2D eigenvalue weighted by atomic mass is 31.1. The van der Waals surface area contributed by atoms with Gasteiger partial charge in [0.1, 0.15) is 0 Å². The molecule has 0 saturated carbocycles. The fourth-order valence-corrected chi connectivity index (χ4v) is 19.6. The maximum Gasteiger partial charge on any atom is -0.0184 e. The van der Waals surface area contributed by atoms with Gasteiger partial charge in [0.15, 0.2) is 0 Å². The maximum atomic E-state index is 2.66. The van der Waals surface area contributed by atoms with E-state index in [2.05, 4.69) is 335 Å². The molecule has 0 aliphatic heterocycles. The van der Waals surface area contributed by atoms with E-state index in [-0.39, 0.29) is 5.41 Å². The highest BCUT2D eigenvalue weighted by Crippen LogP contribution is 2.53. The van der Waals surface area contributed by atoms with Crippen LogP contribution in [0.15, 0.2) is 328 Å². The van der Waals surface area contributed by atoms with Crippen molar-refractivity contribution in [1.82, 2.24) is 0 Å². The van der Waals surface area contributed by atoms with Crippen LogP contribution in [-0.4, -0.2) is 18.5 Å². The zero-order valence-corrected chi connectivity index (χ0v) is 47.8. The Labute approximate surface area is 477 Å². The van der Waals surface area contributed by atoms with Gasteiger partial charge in [-0.25, -0.2) is 0 Å². The summed E-state index contributed by atoms with van der Waals surface area (Å²) in [5.74, 6) is 0. The van der Waals surface area contributed by atoms with Crippen LogP contribution in [0.4, 0.5) is 0 Å². The Hall–Kier alpha value is -8.07. The third-order valence-electron chi connectivity index (χ3n) is 15.3. The van der Waals surface area contributed by atoms with Gasteiger partial charge in [0.25, 0.3) is 0 Å². The van der Waals surface area contributed by atoms with Crippen LogP contribution < -0.4 is 31.8 Å². The van der Waals surface area contributed by atoms with Crippen LogP contribution >= 0.6 is 23.8 Å². The van der Waals surface area contributed by atoms with Crippen LogP contribution in [0.1, 0.15) is 6.92 Å². The van der Waals surface area contributed by atoms with Crippen molar-refractivity contribution in [2.24, 2.45) is 5.41 Å². The minimum absolute atomic E-state index is 0.161. The molecule has 0 atom stereocenters. The molecular weight excluding hydrogens is 1020 g/mol. The molecule has 0 unspecified atom stereocenters. The van der Waals surface area contributed by atoms with Gasteiger partial charge in [-0.3, -0.25) is 0 Å². The van der Waals surface area contributed by atoms with Crippen molar-refractivity contribution in [2.75, 3.05) is 18.5 Å². The van der Waals surface area contributed by atoms with Gasteiger partial charge in [-0.1, -0.05) is 335 Å². The lowest BCUT2D eigenvalue weighted by atomic mass is 9.99. The summed E-state index contributed by atoms with van der Waals surface area (Å²) in [4.78, 5) is 0. The van der Waals surface area contributed by atoms with E-state index in [1.165, 1.54) is 98.6 Å². The van der Waals surface area contributed by atoms with Gasteiger partial charge in [-0.15, -0.1) is 0 Å². The highest BCUT2D eigenvalue weighted by Gasteiger charge is 2.37. The van der Waals surface area contributed by atoms with Gasteiger partial charge in [0.05, 0.1) is 0 Å². The van der Waals surface area contributed by atoms with Crippen LogP contribution in [0.2, 0.25) is 0 Å². The molecule has 0 fully saturated rings. The van der Waals surface area contributed by atoms with Crippen LogP contribution in [0, 0.1) is 5.41 Å². The first-order valence-corrected chi connectivity index (χ1v) is 32.3. The quantitative estimate of drug-likeness (QED) is 0.0751. The van der Waals surface area contributed by atoms with Crippen LogP contribution in [0.3, 0.4) is 0 Å². The summed E-state index contributed by atoms with van der Waals surface area (Å²) >= 11 is 0. The van der Waals surface area contributed by atoms with Gasteiger partial charge in [0, 0.05) is 0 Å². The van der Waals surface area contributed by atoms with Crippen LogP contribution in [0.5, 0.6) is 0 Å². The second-order valence-electron chi connectivity index (χ2n) is 21.0. The van der Waals surface area contributed by atoms with Crippen molar-refractivity contribution in [3.63, 3.8) is 0 Å². The molecule has 12 aromatic carbocycles. The molecule has 0 saturated heterocycles. The number of hydrogen-bond acceptors (Lipinski definition) is 0. The van der Waals surface area contributed by atoms with Gasteiger partial charge in [0.2, 0.25) is 0 Å². The molecular formula is C77H63P3. The average molecular weight is 1080 g/mol. The van der Waals surface area contributed by atoms with Crippen molar-refractivity contribution in [2.45, 2.75) is 6.92 Å². The predicted molar refractivity (Wildman–Crippen MR) is 353 cm³/mol. The van der Waals surface area contributed by atoms with Crippen LogP contribution in [0.25, 0.3) is 66.8 Å². The summed E-state index contributed by atoms with van der Waals surface area (Å²) in [6, 6.07) is 123. The average Bonchev–Trinajstić information content (AvgIpc) is 3.65. The van der Waals surface area contributed by atoms with E-state index in [1.807, 2.05) is 0 Å².